The van der Waals surface area contributed by atoms with Gasteiger partial charge in [0, 0.05) is 17.9 Å². The first-order valence-electron chi connectivity index (χ1n) is 6.76. The Morgan fingerprint density at radius 2 is 2.10 bits per heavy atom. The Labute approximate surface area is 118 Å². The lowest BCUT2D eigenvalue weighted by atomic mass is 9.90. The lowest BCUT2D eigenvalue weighted by Crippen LogP contribution is -2.44. The average Bonchev–Trinajstić information content (AvgIpc) is 2.41. The van der Waals surface area contributed by atoms with E-state index >= 15 is 0 Å². The van der Waals surface area contributed by atoms with E-state index in [2.05, 4.69) is 6.92 Å². The third-order valence-corrected chi connectivity index (χ3v) is 3.47. The van der Waals surface area contributed by atoms with Crippen LogP contribution in [0, 0.1) is 5.41 Å². The summed E-state index contributed by atoms with van der Waals surface area (Å²) in [4.78, 5) is 10.5. The highest BCUT2D eigenvalue weighted by Crippen LogP contribution is 2.28. The monoisotopic (exact) mass is 279 g/mol. The number of nitrogens with two attached hydrogens (primary N) is 1. The van der Waals surface area contributed by atoms with Crippen molar-refractivity contribution in [3.8, 4) is 5.75 Å². The molecule has 1 aromatic carbocycles. The van der Waals surface area contributed by atoms with Gasteiger partial charge in [0.2, 0.25) is 0 Å². The van der Waals surface area contributed by atoms with E-state index in [-0.39, 0.29) is 17.9 Å². The van der Waals surface area contributed by atoms with E-state index in [0.29, 0.717) is 13.0 Å². The van der Waals surface area contributed by atoms with Crippen LogP contribution in [0.4, 0.5) is 0 Å². The maximum Gasteiger partial charge on any atom is 0.303 e. The molecule has 3 N–H and O–H groups in total. The third-order valence-electron chi connectivity index (χ3n) is 3.47. The third kappa shape index (κ3) is 3.95. The Balaban J connectivity index is 1.84. The van der Waals surface area contributed by atoms with Gasteiger partial charge in [0.1, 0.15) is 5.75 Å². The van der Waals surface area contributed by atoms with Crippen molar-refractivity contribution in [1.82, 2.24) is 0 Å². The Bertz CT molecular complexity index is 453. The van der Waals surface area contributed by atoms with Gasteiger partial charge in [0.15, 0.2) is 0 Å². The topological polar surface area (TPSA) is 81.8 Å². The summed E-state index contributed by atoms with van der Waals surface area (Å²) < 4.78 is 10.9. The molecular weight excluding hydrogens is 258 g/mol. The molecule has 5 nitrogen and oxygen atoms in total. The summed E-state index contributed by atoms with van der Waals surface area (Å²) in [5, 5.41) is 8.64. The Kier molecular flexibility index (Phi) is 4.62. The minimum atomic E-state index is -0.823. The molecular formula is C15H21NO4. The van der Waals surface area contributed by atoms with E-state index in [1.165, 1.54) is 0 Å². The average molecular weight is 279 g/mol. The van der Waals surface area contributed by atoms with Crippen molar-refractivity contribution >= 4 is 5.97 Å². The zero-order chi connectivity index (χ0) is 14.6. The van der Waals surface area contributed by atoms with Crippen LogP contribution in [0.3, 0.4) is 0 Å². The molecule has 0 amide bonds. The number of benzene rings is 1. The molecule has 0 aromatic heterocycles. The summed E-state index contributed by atoms with van der Waals surface area (Å²) in [6.45, 7) is 4.25. The maximum absolute atomic E-state index is 10.5. The molecule has 20 heavy (non-hydrogen) atoms. The molecule has 1 aliphatic heterocycles. The highest BCUT2D eigenvalue weighted by Gasteiger charge is 2.34. The second-order valence-electron chi connectivity index (χ2n) is 5.70. The van der Waals surface area contributed by atoms with Crippen molar-refractivity contribution in [2.24, 2.45) is 11.1 Å². The van der Waals surface area contributed by atoms with Crippen LogP contribution in [0.1, 0.15) is 31.4 Å². The van der Waals surface area contributed by atoms with Gasteiger partial charge in [0.05, 0.1) is 19.8 Å². The quantitative estimate of drug-likeness (QED) is 0.797. The van der Waals surface area contributed by atoms with E-state index in [0.717, 1.165) is 24.5 Å². The van der Waals surface area contributed by atoms with Gasteiger partial charge in [-0.2, -0.15) is 0 Å². The summed E-state index contributed by atoms with van der Waals surface area (Å²) >= 11 is 0. The predicted octanol–water partition coefficient (Wildman–Crippen LogP) is 1.97. The van der Waals surface area contributed by atoms with Crippen LogP contribution in [-0.4, -0.2) is 30.9 Å². The molecule has 0 bridgehead atoms. The summed E-state index contributed by atoms with van der Waals surface area (Å²) in [6.07, 6.45) is 0.517. The largest absolute Gasteiger partial charge is 0.493 e. The van der Waals surface area contributed by atoms with E-state index in [9.17, 15) is 4.79 Å². The van der Waals surface area contributed by atoms with E-state index in [1.54, 1.807) is 0 Å². The number of rotatable bonds is 7. The molecule has 5 heteroatoms. The van der Waals surface area contributed by atoms with Crippen molar-refractivity contribution < 1.29 is 19.4 Å². The van der Waals surface area contributed by atoms with Crippen molar-refractivity contribution in [1.29, 1.82) is 0 Å². The first-order chi connectivity index (χ1) is 9.48. The maximum atomic E-state index is 10.5. The molecule has 1 fully saturated rings. The van der Waals surface area contributed by atoms with Crippen molar-refractivity contribution in [3.63, 3.8) is 0 Å². The fraction of sp³-hybridized carbons (Fsp3) is 0.533. The number of aliphatic carboxylic acids is 1. The fourth-order valence-electron chi connectivity index (χ4n) is 2.05. The Hall–Kier alpha value is -1.59. The zero-order valence-corrected chi connectivity index (χ0v) is 11.7. The summed E-state index contributed by atoms with van der Waals surface area (Å²) in [5.74, 6) is -0.0244. The SMILES string of the molecule is CC1(COc2ccc(C(N)CCC(=O)O)cc2)COC1. The molecule has 1 unspecified atom stereocenters. The van der Waals surface area contributed by atoms with E-state index in [4.69, 9.17) is 20.3 Å². The zero-order valence-electron chi connectivity index (χ0n) is 11.7. The van der Waals surface area contributed by atoms with Gasteiger partial charge < -0.3 is 20.3 Å². The Morgan fingerprint density at radius 1 is 1.45 bits per heavy atom. The summed E-state index contributed by atoms with van der Waals surface area (Å²) in [5.41, 5.74) is 7.00. The van der Waals surface area contributed by atoms with E-state index < -0.39 is 5.97 Å². The van der Waals surface area contributed by atoms with Gasteiger partial charge >= 0.3 is 5.97 Å². The second-order valence-corrected chi connectivity index (χ2v) is 5.70. The molecule has 1 heterocycles. The van der Waals surface area contributed by atoms with Crippen molar-refractivity contribution in [3.05, 3.63) is 29.8 Å². The Morgan fingerprint density at radius 3 is 2.60 bits per heavy atom. The number of hydrogen-bond acceptors (Lipinski definition) is 4. The van der Waals surface area contributed by atoms with Crippen molar-refractivity contribution in [2.45, 2.75) is 25.8 Å². The minimum Gasteiger partial charge on any atom is -0.493 e. The second kappa shape index (κ2) is 6.24. The van der Waals surface area contributed by atoms with Gasteiger partial charge in [-0.05, 0) is 24.1 Å². The lowest BCUT2D eigenvalue weighted by Gasteiger charge is -2.37. The van der Waals surface area contributed by atoms with Gasteiger partial charge in [0.25, 0.3) is 0 Å². The number of carboxylic acids is 1. The van der Waals surface area contributed by atoms with Crippen LogP contribution >= 0.6 is 0 Å². The van der Waals surface area contributed by atoms with Crippen LogP contribution in [0.5, 0.6) is 5.75 Å². The predicted molar refractivity (Wildman–Crippen MR) is 74.7 cm³/mol. The van der Waals surface area contributed by atoms with Crippen molar-refractivity contribution in [2.75, 3.05) is 19.8 Å². The number of hydrogen-bond donors (Lipinski definition) is 2. The molecule has 0 aliphatic carbocycles. The molecule has 0 saturated carbocycles. The molecule has 1 atom stereocenters. The molecule has 1 aliphatic rings. The van der Waals surface area contributed by atoms with Gasteiger partial charge in [-0.3, -0.25) is 4.79 Å². The summed E-state index contributed by atoms with van der Waals surface area (Å²) in [6, 6.07) is 7.28. The highest BCUT2D eigenvalue weighted by atomic mass is 16.5. The summed E-state index contributed by atoms with van der Waals surface area (Å²) in [7, 11) is 0. The lowest BCUT2D eigenvalue weighted by molar-refractivity contribution is -0.137. The fourth-order valence-corrected chi connectivity index (χ4v) is 2.05. The first kappa shape index (κ1) is 14.8. The highest BCUT2D eigenvalue weighted by molar-refractivity contribution is 5.66. The van der Waals surface area contributed by atoms with Crippen LogP contribution in [0.2, 0.25) is 0 Å². The van der Waals surface area contributed by atoms with Gasteiger partial charge in [-0.1, -0.05) is 19.1 Å². The van der Waals surface area contributed by atoms with Crippen LogP contribution in [0.15, 0.2) is 24.3 Å². The van der Waals surface area contributed by atoms with Crippen LogP contribution < -0.4 is 10.5 Å². The molecule has 0 spiro atoms. The molecule has 1 saturated heterocycles. The molecule has 2 rings (SSSR count). The first-order valence-corrected chi connectivity index (χ1v) is 6.76. The van der Waals surface area contributed by atoms with E-state index in [1.807, 2.05) is 24.3 Å². The van der Waals surface area contributed by atoms with Gasteiger partial charge in [-0.15, -0.1) is 0 Å². The van der Waals surface area contributed by atoms with Crippen LogP contribution in [0.25, 0.3) is 0 Å². The number of carbonyl (C=O) groups is 1. The normalized spacial score (nSPS) is 18.1. The molecule has 110 valence electrons. The standard InChI is InChI=1S/C15H21NO4/c1-15(8-19-9-15)10-20-12-4-2-11(3-5-12)13(16)6-7-14(17)18/h2-5,13H,6-10,16H2,1H3,(H,17,18). The number of carboxylic acid groups (broad SMARTS) is 1. The smallest absolute Gasteiger partial charge is 0.303 e. The molecule has 1 aromatic rings. The minimum absolute atomic E-state index is 0.0811. The van der Waals surface area contributed by atoms with Gasteiger partial charge in [-0.25, -0.2) is 0 Å². The van der Waals surface area contributed by atoms with Crippen LogP contribution in [-0.2, 0) is 9.53 Å². The number of ether oxygens (including phenoxy) is 2. The molecule has 0 radical (unpaired) electrons.